The molecule has 0 spiro atoms. The molecule has 0 radical (unpaired) electrons. The minimum Gasteiger partial charge on any atom is -0.347 e. The number of hydrogen-bond acceptors (Lipinski definition) is 3. The van der Waals surface area contributed by atoms with E-state index >= 15 is 0 Å². The second-order valence-corrected chi connectivity index (χ2v) is 6.73. The number of carbonyl (C=O) groups excluding carboxylic acids is 3. The number of amides is 3. The molecule has 0 aromatic heterocycles. The number of nitrogens with zero attached hydrogens (tertiary/aromatic N) is 1. The van der Waals surface area contributed by atoms with Crippen LogP contribution in [0, 0.1) is 0 Å². The van der Waals surface area contributed by atoms with Crippen LogP contribution in [0.2, 0.25) is 0 Å². The summed E-state index contributed by atoms with van der Waals surface area (Å²) in [4.78, 5) is 38.2. The van der Waals surface area contributed by atoms with Gasteiger partial charge in [0, 0.05) is 37.0 Å². The first kappa shape index (κ1) is 21.4. The van der Waals surface area contributed by atoms with Crippen LogP contribution in [0.25, 0.3) is 10.8 Å². The molecule has 0 saturated heterocycles. The van der Waals surface area contributed by atoms with Gasteiger partial charge in [-0.15, -0.1) is 0 Å². The van der Waals surface area contributed by atoms with Gasteiger partial charge in [0.05, 0.1) is 6.54 Å². The monoisotopic (exact) mass is 383 g/mol. The number of hydrogen-bond donors (Lipinski definition) is 2. The molecule has 6 heteroatoms. The molecule has 2 N–H and O–H groups in total. The Morgan fingerprint density at radius 1 is 0.857 bits per heavy atom. The van der Waals surface area contributed by atoms with Gasteiger partial charge in [-0.25, -0.2) is 0 Å². The normalized spacial score (nSPS) is 10.5. The summed E-state index contributed by atoms with van der Waals surface area (Å²) in [5.74, 6) is -0.608. The summed E-state index contributed by atoms with van der Waals surface area (Å²) in [6.07, 6.45) is 2.04. The maximum atomic E-state index is 12.2. The minimum atomic E-state index is -0.297. The largest absolute Gasteiger partial charge is 0.347 e. The Morgan fingerprint density at radius 2 is 1.54 bits per heavy atom. The predicted molar refractivity (Wildman–Crippen MR) is 112 cm³/mol. The van der Waals surface area contributed by atoms with E-state index in [1.807, 2.05) is 56.3 Å². The SMILES string of the molecule is CCCN(CCC)C(=O)CCC(=O)NCC(=O)Nc1cccc2ccccc12. The van der Waals surface area contributed by atoms with Gasteiger partial charge in [-0.05, 0) is 24.3 Å². The molecule has 2 aromatic rings. The lowest BCUT2D eigenvalue weighted by molar-refractivity contribution is -0.133. The smallest absolute Gasteiger partial charge is 0.243 e. The van der Waals surface area contributed by atoms with Gasteiger partial charge in [0.1, 0.15) is 0 Å². The highest BCUT2D eigenvalue weighted by Gasteiger charge is 2.14. The zero-order chi connectivity index (χ0) is 20.4. The summed E-state index contributed by atoms with van der Waals surface area (Å²) in [5, 5.41) is 7.40. The number of benzene rings is 2. The Bertz CT molecular complexity index is 808. The summed E-state index contributed by atoms with van der Waals surface area (Å²) in [7, 11) is 0. The highest BCUT2D eigenvalue weighted by molar-refractivity contribution is 6.03. The zero-order valence-electron chi connectivity index (χ0n) is 16.7. The lowest BCUT2D eigenvalue weighted by Gasteiger charge is -2.21. The third kappa shape index (κ3) is 6.37. The van der Waals surface area contributed by atoms with Crippen molar-refractivity contribution in [1.29, 1.82) is 0 Å². The Balaban J connectivity index is 1.79. The van der Waals surface area contributed by atoms with E-state index in [9.17, 15) is 14.4 Å². The molecular weight excluding hydrogens is 354 g/mol. The van der Waals surface area contributed by atoms with Crippen LogP contribution in [0.1, 0.15) is 39.5 Å². The molecule has 0 aliphatic heterocycles. The number of carbonyl (C=O) groups is 3. The van der Waals surface area contributed by atoms with Crippen LogP contribution in [0.4, 0.5) is 5.69 Å². The molecule has 0 heterocycles. The van der Waals surface area contributed by atoms with Crippen molar-refractivity contribution in [2.24, 2.45) is 0 Å². The van der Waals surface area contributed by atoms with E-state index in [0.717, 1.165) is 23.6 Å². The fourth-order valence-electron chi connectivity index (χ4n) is 3.08. The summed E-state index contributed by atoms with van der Waals surface area (Å²) >= 11 is 0. The van der Waals surface area contributed by atoms with Crippen LogP contribution in [-0.4, -0.2) is 42.3 Å². The highest BCUT2D eigenvalue weighted by Crippen LogP contribution is 2.22. The van der Waals surface area contributed by atoms with Gasteiger partial charge in [-0.3, -0.25) is 14.4 Å². The summed E-state index contributed by atoms with van der Waals surface area (Å²) < 4.78 is 0. The summed E-state index contributed by atoms with van der Waals surface area (Å²) in [5.41, 5.74) is 0.710. The summed E-state index contributed by atoms with van der Waals surface area (Å²) in [6.45, 7) is 5.35. The van der Waals surface area contributed by atoms with Crippen molar-refractivity contribution in [3.05, 3.63) is 42.5 Å². The van der Waals surface area contributed by atoms with Gasteiger partial charge in [0.15, 0.2) is 0 Å². The van der Waals surface area contributed by atoms with E-state index in [0.29, 0.717) is 18.8 Å². The van der Waals surface area contributed by atoms with Crippen LogP contribution >= 0.6 is 0 Å². The third-order valence-electron chi connectivity index (χ3n) is 4.42. The molecule has 6 nitrogen and oxygen atoms in total. The van der Waals surface area contributed by atoms with E-state index in [1.54, 1.807) is 4.90 Å². The maximum absolute atomic E-state index is 12.2. The molecule has 0 atom stereocenters. The molecule has 0 aliphatic carbocycles. The molecule has 2 aromatic carbocycles. The third-order valence-corrected chi connectivity index (χ3v) is 4.42. The minimum absolute atomic E-state index is 0.0148. The molecule has 3 amide bonds. The van der Waals surface area contributed by atoms with Gasteiger partial charge < -0.3 is 15.5 Å². The average molecular weight is 383 g/mol. The Labute approximate surface area is 166 Å². The fourth-order valence-corrected chi connectivity index (χ4v) is 3.08. The maximum Gasteiger partial charge on any atom is 0.243 e. The molecule has 0 unspecified atom stereocenters. The standard InChI is InChI=1S/C22H29N3O3/c1-3-14-25(15-4-2)22(28)13-12-20(26)23-16-21(27)24-19-11-7-9-17-8-5-6-10-18(17)19/h5-11H,3-4,12-16H2,1-2H3,(H,23,26)(H,24,27). The second-order valence-electron chi connectivity index (χ2n) is 6.73. The van der Waals surface area contributed by atoms with E-state index in [1.165, 1.54) is 0 Å². The fraction of sp³-hybridized carbons (Fsp3) is 0.409. The lowest BCUT2D eigenvalue weighted by Crippen LogP contribution is -2.35. The van der Waals surface area contributed by atoms with Crippen molar-refractivity contribution in [2.45, 2.75) is 39.5 Å². The molecule has 2 rings (SSSR count). The van der Waals surface area contributed by atoms with Gasteiger partial charge in [0.2, 0.25) is 17.7 Å². The molecule has 0 bridgehead atoms. The zero-order valence-corrected chi connectivity index (χ0v) is 16.7. The van der Waals surface area contributed by atoms with Crippen molar-refractivity contribution in [3.63, 3.8) is 0 Å². The van der Waals surface area contributed by atoms with Crippen LogP contribution < -0.4 is 10.6 Å². The van der Waals surface area contributed by atoms with Crippen LogP contribution in [0.5, 0.6) is 0 Å². The molecule has 0 aliphatic rings. The van der Waals surface area contributed by atoms with Crippen LogP contribution in [0.3, 0.4) is 0 Å². The van der Waals surface area contributed by atoms with E-state index in [2.05, 4.69) is 10.6 Å². The predicted octanol–water partition coefficient (Wildman–Crippen LogP) is 3.32. The van der Waals surface area contributed by atoms with Crippen molar-refractivity contribution >= 4 is 34.2 Å². The van der Waals surface area contributed by atoms with Gasteiger partial charge >= 0.3 is 0 Å². The molecule has 0 saturated carbocycles. The highest BCUT2D eigenvalue weighted by atomic mass is 16.2. The van der Waals surface area contributed by atoms with Crippen molar-refractivity contribution < 1.29 is 14.4 Å². The molecule has 28 heavy (non-hydrogen) atoms. The van der Waals surface area contributed by atoms with E-state index in [4.69, 9.17) is 0 Å². The first-order valence-corrected chi connectivity index (χ1v) is 9.87. The van der Waals surface area contributed by atoms with E-state index in [-0.39, 0.29) is 37.1 Å². The molecule has 0 fully saturated rings. The number of fused-ring (bicyclic) bond motifs is 1. The topological polar surface area (TPSA) is 78.5 Å². The lowest BCUT2D eigenvalue weighted by atomic mass is 10.1. The van der Waals surface area contributed by atoms with Gasteiger partial charge in [-0.2, -0.15) is 0 Å². The van der Waals surface area contributed by atoms with E-state index < -0.39 is 0 Å². The number of rotatable bonds is 10. The average Bonchev–Trinajstić information content (AvgIpc) is 2.70. The van der Waals surface area contributed by atoms with Crippen LogP contribution in [-0.2, 0) is 14.4 Å². The Morgan fingerprint density at radius 3 is 2.25 bits per heavy atom. The van der Waals surface area contributed by atoms with Crippen molar-refractivity contribution in [1.82, 2.24) is 10.2 Å². The molecular formula is C22H29N3O3. The van der Waals surface area contributed by atoms with Gasteiger partial charge in [0.25, 0.3) is 0 Å². The summed E-state index contributed by atoms with van der Waals surface area (Å²) in [6, 6.07) is 13.5. The first-order valence-electron chi connectivity index (χ1n) is 9.87. The quantitative estimate of drug-likeness (QED) is 0.661. The van der Waals surface area contributed by atoms with Crippen molar-refractivity contribution in [3.8, 4) is 0 Å². The Hall–Kier alpha value is -2.89. The second kappa shape index (κ2) is 11.1. The number of nitrogens with one attached hydrogen (secondary N) is 2. The van der Waals surface area contributed by atoms with Gasteiger partial charge in [-0.1, -0.05) is 50.2 Å². The Kier molecular flexibility index (Phi) is 8.46. The van der Waals surface area contributed by atoms with Crippen LogP contribution in [0.15, 0.2) is 42.5 Å². The first-order chi connectivity index (χ1) is 13.5. The van der Waals surface area contributed by atoms with Crippen molar-refractivity contribution in [2.75, 3.05) is 25.0 Å². The molecule has 150 valence electrons. The number of anilines is 1.